The maximum Gasteiger partial charge on any atom is 0.195 e. The molecule has 2 aromatic carbocycles. The molecule has 3 nitrogen and oxygen atoms in total. The Kier molecular flexibility index (Phi) is 2.65. The number of carbonyl (C=O) groups is 1. The van der Waals surface area contributed by atoms with E-state index >= 15 is 0 Å². The highest BCUT2D eigenvalue weighted by molar-refractivity contribution is 6.16. The molecule has 104 valence electrons. The van der Waals surface area contributed by atoms with Crippen molar-refractivity contribution < 1.29 is 13.9 Å². The standard InChI is InChI=1S/C17H12FNO2/c18-13-3-4-16-14(6-13)15(7-19-16)17(20)10-1-2-11-8-21-9-12(11)5-10/h1-7,19H,8-9H2. The second kappa shape index (κ2) is 4.53. The van der Waals surface area contributed by atoms with Crippen LogP contribution in [0.3, 0.4) is 0 Å². The lowest BCUT2D eigenvalue weighted by atomic mass is 9.99. The van der Waals surface area contributed by atoms with E-state index in [0.29, 0.717) is 29.7 Å². The predicted molar refractivity (Wildman–Crippen MR) is 76.6 cm³/mol. The molecule has 21 heavy (non-hydrogen) atoms. The summed E-state index contributed by atoms with van der Waals surface area (Å²) in [6.07, 6.45) is 1.64. The van der Waals surface area contributed by atoms with Gasteiger partial charge in [-0.05, 0) is 35.4 Å². The molecule has 4 heteroatoms. The quantitative estimate of drug-likeness (QED) is 0.730. The van der Waals surface area contributed by atoms with Gasteiger partial charge in [0.05, 0.1) is 13.2 Å². The molecule has 1 N–H and O–H groups in total. The Balaban J connectivity index is 1.81. The van der Waals surface area contributed by atoms with Crippen LogP contribution in [0, 0.1) is 5.82 Å². The molecule has 0 saturated carbocycles. The van der Waals surface area contributed by atoms with Crippen molar-refractivity contribution in [2.24, 2.45) is 0 Å². The molecule has 0 spiro atoms. The fourth-order valence-corrected chi connectivity index (χ4v) is 2.75. The maximum atomic E-state index is 13.4. The maximum absolute atomic E-state index is 13.4. The fraction of sp³-hybridized carbons (Fsp3) is 0.118. The van der Waals surface area contributed by atoms with Crippen LogP contribution in [-0.2, 0) is 18.0 Å². The third-order valence-corrected chi connectivity index (χ3v) is 3.87. The summed E-state index contributed by atoms with van der Waals surface area (Å²) >= 11 is 0. The summed E-state index contributed by atoms with van der Waals surface area (Å²) in [7, 11) is 0. The number of ether oxygens (including phenoxy) is 1. The Morgan fingerprint density at radius 3 is 2.86 bits per heavy atom. The van der Waals surface area contributed by atoms with Gasteiger partial charge >= 0.3 is 0 Å². The number of fused-ring (bicyclic) bond motifs is 2. The molecule has 3 aromatic rings. The van der Waals surface area contributed by atoms with Gasteiger partial charge in [0.15, 0.2) is 5.78 Å². The van der Waals surface area contributed by atoms with Crippen LogP contribution < -0.4 is 0 Å². The van der Waals surface area contributed by atoms with Gasteiger partial charge in [0.2, 0.25) is 0 Å². The van der Waals surface area contributed by atoms with Gasteiger partial charge in [0.1, 0.15) is 5.82 Å². The summed E-state index contributed by atoms with van der Waals surface area (Å²) in [5.74, 6) is -0.458. The first-order valence-electron chi connectivity index (χ1n) is 6.73. The van der Waals surface area contributed by atoms with E-state index in [1.807, 2.05) is 12.1 Å². The minimum atomic E-state index is -0.349. The summed E-state index contributed by atoms with van der Waals surface area (Å²) in [4.78, 5) is 15.7. The number of aromatic nitrogens is 1. The number of H-pyrrole nitrogens is 1. The Bertz CT molecular complexity index is 866. The molecule has 1 aliphatic heterocycles. The van der Waals surface area contributed by atoms with Crippen molar-refractivity contribution in [1.29, 1.82) is 0 Å². The first kappa shape index (κ1) is 12.3. The van der Waals surface area contributed by atoms with E-state index in [1.165, 1.54) is 12.1 Å². The zero-order valence-corrected chi connectivity index (χ0v) is 11.2. The molecule has 0 aliphatic carbocycles. The van der Waals surface area contributed by atoms with Crippen LogP contribution in [-0.4, -0.2) is 10.8 Å². The minimum absolute atomic E-state index is 0.110. The first-order chi connectivity index (χ1) is 10.2. The number of aromatic amines is 1. The van der Waals surface area contributed by atoms with Crippen molar-refractivity contribution in [2.75, 3.05) is 0 Å². The lowest BCUT2D eigenvalue weighted by Crippen LogP contribution is -2.01. The highest BCUT2D eigenvalue weighted by atomic mass is 19.1. The summed E-state index contributed by atoms with van der Waals surface area (Å²) in [5, 5.41) is 0.608. The molecule has 0 fully saturated rings. The van der Waals surface area contributed by atoms with Gasteiger partial charge in [-0.1, -0.05) is 12.1 Å². The molecular weight excluding hydrogens is 269 g/mol. The summed E-state index contributed by atoms with van der Waals surface area (Å²) in [6.45, 7) is 1.14. The van der Waals surface area contributed by atoms with E-state index in [2.05, 4.69) is 4.98 Å². The van der Waals surface area contributed by atoms with E-state index in [0.717, 1.165) is 16.6 Å². The van der Waals surface area contributed by atoms with Crippen LogP contribution in [0.2, 0.25) is 0 Å². The molecule has 0 bridgehead atoms. The number of halogens is 1. The highest BCUT2D eigenvalue weighted by Gasteiger charge is 2.18. The monoisotopic (exact) mass is 281 g/mol. The van der Waals surface area contributed by atoms with Crippen molar-refractivity contribution >= 4 is 16.7 Å². The topological polar surface area (TPSA) is 42.1 Å². The number of nitrogens with one attached hydrogen (secondary N) is 1. The molecule has 0 atom stereocenters. The Morgan fingerprint density at radius 1 is 1.10 bits per heavy atom. The van der Waals surface area contributed by atoms with E-state index < -0.39 is 0 Å². The van der Waals surface area contributed by atoms with Crippen LogP contribution in [0.4, 0.5) is 4.39 Å². The first-order valence-corrected chi connectivity index (χ1v) is 6.73. The lowest BCUT2D eigenvalue weighted by Gasteiger charge is -2.03. The number of rotatable bonds is 2. The van der Waals surface area contributed by atoms with Crippen molar-refractivity contribution in [2.45, 2.75) is 13.2 Å². The Labute approximate surface area is 120 Å². The Morgan fingerprint density at radius 2 is 1.95 bits per heavy atom. The molecule has 2 heterocycles. The van der Waals surface area contributed by atoms with Gasteiger partial charge in [-0.2, -0.15) is 0 Å². The normalized spacial score (nSPS) is 13.6. The Hall–Kier alpha value is -2.46. The molecule has 1 aliphatic rings. The van der Waals surface area contributed by atoms with Crippen LogP contribution >= 0.6 is 0 Å². The van der Waals surface area contributed by atoms with Gasteiger partial charge in [0.25, 0.3) is 0 Å². The molecule has 4 rings (SSSR count). The number of ketones is 1. The largest absolute Gasteiger partial charge is 0.372 e. The highest BCUT2D eigenvalue weighted by Crippen LogP contribution is 2.25. The van der Waals surface area contributed by atoms with Crippen molar-refractivity contribution in [3.63, 3.8) is 0 Å². The average Bonchev–Trinajstić information content (AvgIpc) is 3.11. The van der Waals surface area contributed by atoms with Crippen molar-refractivity contribution in [3.8, 4) is 0 Å². The third kappa shape index (κ3) is 1.96. The van der Waals surface area contributed by atoms with Crippen LogP contribution in [0.5, 0.6) is 0 Å². The average molecular weight is 281 g/mol. The van der Waals surface area contributed by atoms with E-state index in [9.17, 15) is 9.18 Å². The molecular formula is C17H12FNO2. The minimum Gasteiger partial charge on any atom is -0.372 e. The third-order valence-electron chi connectivity index (χ3n) is 3.87. The van der Waals surface area contributed by atoms with Crippen molar-refractivity contribution in [1.82, 2.24) is 4.98 Å². The van der Waals surface area contributed by atoms with Crippen LogP contribution in [0.1, 0.15) is 27.0 Å². The van der Waals surface area contributed by atoms with Crippen molar-refractivity contribution in [3.05, 3.63) is 70.7 Å². The van der Waals surface area contributed by atoms with Gasteiger partial charge in [0, 0.05) is 28.2 Å². The molecule has 0 unspecified atom stereocenters. The van der Waals surface area contributed by atoms with Crippen LogP contribution in [0.15, 0.2) is 42.6 Å². The zero-order valence-electron chi connectivity index (χ0n) is 11.2. The molecule has 0 radical (unpaired) electrons. The summed E-state index contributed by atoms with van der Waals surface area (Å²) in [6, 6.07) is 9.98. The number of hydrogen-bond donors (Lipinski definition) is 1. The lowest BCUT2D eigenvalue weighted by molar-refractivity contribution is 0.104. The van der Waals surface area contributed by atoms with Gasteiger partial charge in [-0.15, -0.1) is 0 Å². The number of hydrogen-bond acceptors (Lipinski definition) is 2. The number of benzene rings is 2. The fourth-order valence-electron chi connectivity index (χ4n) is 2.75. The van der Waals surface area contributed by atoms with E-state index in [4.69, 9.17) is 4.74 Å². The number of carbonyl (C=O) groups excluding carboxylic acids is 1. The smallest absolute Gasteiger partial charge is 0.195 e. The predicted octanol–water partition coefficient (Wildman–Crippen LogP) is 3.57. The van der Waals surface area contributed by atoms with E-state index in [-0.39, 0.29) is 11.6 Å². The molecule has 0 amide bonds. The second-order valence-electron chi connectivity index (χ2n) is 5.20. The summed E-state index contributed by atoms with van der Waals surface area (Å²) < 4.78 is 18.8. The van der Waals surface area contributed by atoms with Gasteiger partial charge < -0.3 is 9.72 Å². The second-order valence-corrected chi connectivity index (χ2v) is 5.20. The SMILES string of the molecule is O=C(c1ccc2c(c1)COC2)c1c[nH]c2ccc(F)cc12. The van der Waals surface area contributed by atoms with Gasteiger partial charge in [-0.25, -0.2) is 4.39 Å². The van der Waals surface area contributed by atoms with Crippen LogP contribution in [0.25, 0.3) is 10.9 Å². The zero-order chi connectivity index (χ0) is 14.4. The summed E-state index contributed by atoms with van der Waals surface area (Å²) in [5.41, 5.74) is 4.01. The molecule has 0 saturated heterocycles. The molecule has 1 aromatic heterocycles. The van der Waals surface area contributed by atoms with Gasteiger partial charge in [-0.3, -0.25) is 4.79 Å². The van der Waals surface area contributed by atoms with E-state index in [1.54, 1.807) is 18.3 Å².